The number of benzene rings is 12. The van der Waals surface area contributed by atoms with Crippen molar-refractivity contribution >= 4 is 68.2 Å². The van der Waals surface area contributed by atoms with Crippen LogP contribution >= 0.6 is 0 Å². The summed E-state index contributed by atoms with van der Waals surface area (Å²) in [4.78, 5) is 9.14. The molecule has 12 aromatic carbocycles. The van der Waals surface area contributed by atoms with Gasteiger partial charge in [-0.15, -0.1) is 0 Å². The zero-order valence-corrected chi connectivity index (χ0v) is 42.7. The number of fused-ring (bicyclic) bond motifs is 6. The van der Waals surface area contributed by atoms with E-state index < -0.39 is 0 Å². The summed E-state index contributed by atoms with van der Waals surface area (Å²) in [5.74, 6) is 4.89. The van der Waals surface area contributed by atoms with Gasteiger partial charge in [0.1, 0.15) is 0 Å². The maximum absolute atomic E-state index is 6.62. The number of anilines is 12. The molecule has 0 amide bonds. The van der Waals surface area contributed by atoms with E-state index >= 15 is 0 Å². The highest BCUT2D eigenvalue weighted by Gasteiger charge is 2.29. The van der Waals surface area contributed by atoms with Crippen molar-refractivity contribution in [1.82, 2.24) is 0 Å². The first-order valence-electron chi connectivity index (χ1n) is 26.6. The molecule has 3 aliphatic rings. The molecule has 7 nitrogen and oxygen atoms in total. The number of ether oxygens (including phenoxy) is 3. The second kappa shape index (κ2) is 19.1. The number of nitrogens with zero attached hydrogens (tertiary/aromatic N) is 4. The summed E-state index contributed by atoms with van der Waals surface area (Å²) in [6, 6.07) is 102. The third-order valence-electron chi connectivity index (χ3n) is 15.0. The molecule has 7 heteroatoms. The average molecular weight is 1020 g/mol. The summed E-state index contributed by atoms with van der Waals surface area (Å²) in [5, 5.41) is 0. The van der Waals surface area contributed by atoms with Gasteiger partial charge in [-0.3, -0.25) is 0 Å². The molecule has 0 N–H and O–H groups in total. The fraction of sp³-hybridized carbons (Fsp3) is 0. The standard InChI is InChI=1S/C72H48N4O3/c1-4-16-55(17-5-1)74-61-22-10-14-26-68(61)78-71-47-53(34-43-64(71)74)50-30-39-59(40-31-50)73(58-37-28-49(29-38-58)52-36-45-70-66(46-52)76(57-20-8-3-9-21-57)63-24-12-13-25-67(63)77-70)60-41-32-51(33-42-60)54-35-44-65-72(48-54)79-69-27-15-11-23-62(69)75(65)56-18-6-2-7-19-56/h1-48H. The zero-order chi connectivity index (χ0) is 52.2. The molecule has 0 fully saturated rings. The van der Waals surface area contributed by atoms with Crippen molar-refractivity contribution in [3.8, 4) is 67.9 Å². The first-order valence-corrected chi connectivity index (χ1v) is 26.6. The zero-order valence-electron chi connectivity index (χ0n) is 42.7. The van der Waals surface area contributed by atoms with E-state index in [9.17, 15) is 0 Å². The Morgan fingerprint density at radius 1 is 0.203 bits per heavy atom. The molecule has 374 valence electrons. The average Bonchev–Trinajstić information content (AvgIpc) is 3.64. The molecule has 0 atom stereocenters. The van der Waals surface area contributed by atoms with Gasteiger partial charge in [-0.05, 0) is 179 Å². The smallest absolute Gasteiger partial charge is 0.152 e. The summed E-state index contributed by atoms with van der Waals surface area (Å²) >= 11 is 0. The van der Waals surface area contributed by atoms with Gasteiger partial charge in [-0.25, -0.2) is 0 Å². The van der Waals surface area contributed by atoms with Crippen LogP contribution in [0, 0.1) is 0 Å². The van der Waals surface area contributed by atoms with E-state index in [4.69, 9.17) is 14.2 Å². The second-order valence-corrected chi connectivity index (χ2v) is 19.7. The molecule has 0 saturated carbocycles. The van der Waals surface area contributed by atoms with Crippen molar-refractivity contribution in [2.24, 2.45) is 0 Å². The maximum Gasteiger partial charge on any atom is 0.152 e. The Labute approximate surface area is 458 Å². The highest BCUT2D eigenvalue weighted by molar-refractivity contribution is 5.92. The molecule has 0 spiro atoms. The highest BCUT2D eigenvalue weighted by Crippen LogP contribution is 2.55. The number of hydrogen-bond donors (Lipinski definition) is 0. The predicted molar refractivity (Wildman–Crippen MR) is 322 cm³/mol. The molecule has 0 radical (unpaired) electrons. The van der Waals surface area contributed by atoms with E-state index in [1.165, 1.54) is 0 Å². The quantitative estimate of drug-likeness (QED) is 0.143. The lowest BCUT2D eigenvalue weighted by Crippen LogP contribution is -2.15. The number of para-hydroxylation sites is 9. The summed E-state index contributed by atoms with van der Waals surface area (Å²) in [5.41, 5.74) is 18.8. The Morgan fingerprint density at radius 2 is 0.481 bits per heavy atom. The molecule has 3 aliphatic heterocycles. The van der Waals surface area contributed by atoms with Gasteiger partial charge in [0.05, 0.1) is 34.1 Å². The van der Waals surface area contributed by atoms with Crippen molar-refractivity contribution in [3.63, 3.8) is 0 Å². The van der Waals surface area contributed by atoms with E-state index in [1.54, 1.807) is 0 Å². The van der Waals surface area contributed by atoms with Gasteiger partial charge in [-0.1, -0.05) is 146 Å². The topological polar surface area (TPSA) is 40.7 Å². The summed E-state index contributed by atoms with van der Waals surface area (Å²) in [7, 11) is 0. The first kappa shape index (κ1) is 45.6. The fourth-order valence-corrected chi connectivity index (χ4v) is 11.2. The van der Waals surface area contributed by atoms with Gasteiger partial charge < -0.3 is 33.8 Å². The van der Waals surface area contributed by atoms with Crippen LogP contribution < -0.4 is 33.8 Å². The molecule has 15 rings (SSSR count). The van der Waals surface area contributed by atoms with Gasteiger partial charge in [-0.2, -0.15) is 0 Å². The number of rotatable bonds is 9. The minimum atomic E-state index is 0.804. The van der Waals surface area contributed by atoms with E-state index in [1.807, 2.05) is 54.6 Å². The molecular formula is C72H48N4O3. The minimum Gasteiger partial charge on any atom is -0.453 e. The van der Waals surface area contributed by atoms with Crippen molar-refractivity contribution in [2.75, 3.05) is 19.6 Å². The SMILES string of the molecule is c1ccc(N2c3ccccc3Oc3cc(-c4ccc(N(c5ccc(-c6ccc7c(c6)Oc6ccccc6N7c6ccccc6)cc5)c5ccc(-c6ccc7c(c6)N(c6ccccc6)c6ccccc6O7)cc5)cc4)ccc32)cc1. The van der Waals surface area contributed by atoms with Gasteiger partial charge >= 0.3 is 0 Å². The lowest BCUT2D eigenvalue weighted by atomic mass is 10.0. The molecule has 0 aromatic heterocycles. The van der Waals surface area contributed by atoms with Crippen LogP contribution in [0.25, 0.3) is 33.4 Å². The largest absolute Gasteiger partial charge is 0.453 e. The van der Waals surface area contributed by atoms with E-state index in [0.29, 0.717) is 0 Å². The van der Waals surface area contributed by atoms with E-state index in [0.717, 1.165) is 136 Å². The highest BCUT2D eigenvalue weighted by atomic mass is 16.5. The molecule has 0 bridgehead atoms. The van der Waals surface area contributed by atoms with E-state index in [2.05, 4.69) is 256 Å². The van der Waals surface area contributed by atoms with Crippen molar-refractivity contribution in [2.45, 2.75) is 0 Å². The van der Waals surface area contributed by atoms with Gasteiger partial charge in [0.25, 0.3) is 0 Å². The van der Waals surface area contributed by atoms with Crippen LogP contribution in [0.5, 0.6) is 34.5 Å². The molecule has 0 saturated heterocycles. The Hall–Kier alpha value is -10.8. The van der Waals surface area contributed by atoms with Crippen LogP contribution in [-0.2, 0) is 0 Å². The van der Waals surface area contributed by atoms with Crippen molar-refractivity contribution < 1.29 is 14.2 Å². The predicted octanol–water partition coefficient (Wildman–Crippen LogP) is 20.9. The van der Waals surface area contributed by atoms with Gasteiger partial charge in [0.2, 0.25) is 0 Å². The molecule has 12 aromatic rings. The second-order valence-electron chi connectivity index (χ2n) is 19.7. The van der Waals surface area contributed by atoms with Crippen LogP contribution in [0.2, 0.25) is 0 Å². The summed E-state index contributed by atoms with van der Waals surface area (Å²) in [6.07, 6.45) is 0. The Kier molecular flexibility index (Phi) is 11.0. The Bertz CT molecular complexity index is 4040. The summed E-state index contributed by atoms with van der Waals surface area (Å²) in [6.45, 7) is 0. The van der Waals surface area contributed by atoms with Gasteiger partial charge in [0, 0.05) is 34.1 Å². The fourth-order valence-electron chi connectivity index (χ4n) is 11.2. The molecule has 0 unspecified atom stereocenters. The molecular weight excluding hydrogens is 969 g/mol. The van der Waals surface area contributed by atoms with Crippen molar-refractivity contribution in [1.29, 1.82) is 0 Å². The lowest BCUT2D eigenvalue weighted by Gasteiger charge is -2.33. The third-order valence-corrected chi connectivity index (χ3v) is 15.0. The van der Waals surface area contributed by atoms with Crippen LogP contribution in [-0.4, -0.2) is 0 Å². The normalized spacial score (nSPS) is 12.5. The van der Waals surface area contributed by atoms with Crippen LogP contribution in [0.1, 0.15) is 0 Å². The first-order chi connectivity index (χ1) is 39.1. The van der Waals surface area contributed by atoms with E-state index in [-0.39, 0.29) is 0 Å². The third kappa shape index (κ3) is 8.16. The van der Waals surface area contributed by atoms with Crippen LogP contribution in [0.4, 0.5) is 68.2 Å². The maximum atomic E-state index is 6.62. The Morgan fingerprint density at radius 3 is 0.873 bits per heavy atom. The van der Waals surface area contributed by atoms with Crippen molar-refractivity contribution in [3.05, 3.63) is 291 Å². The monoisotopic (exact) mass is 1020 g/mol. The Balaban J connectivity index is 0.780. The summed E-state index contributed by atoms with van der Waals surface area (Å²) < 4.78 is 19.7. The number of hydrogen-bond acceptors (Lipinski definition) is 7. The molecule has 3 heterocycles. The minimum absolute atomic E-state index is 0.804. The lowest BCUT2D eigenvalue weighted by molar-refractivity contribution is 0.477. The molecule has 79 heavy (non-hydrogen) atoms. The van der Waals surface area contributed by atoms with Gasteiger partial charge in [0.15, 0.2) is 34.5 Å². The van der Waals surface area contributed by atoms with Crippen LogP contribution in [0.15, 0.2) is 291 Å². The van der Waals surface area contributed by atoms with Crippen LogP contribution in [0.3, 0.4) is 0 Å². The molecule has 0 aliphatic carbocycles.